The second-order valence-electron chi connectivity index (χ2n) is 5.03. The molecular weight excluding hydrogens is 347 g/mol. The molecule has 0 unspecified atom stereocenters. The molecule has 2 heterocycles. The Hall–Kier alpha value is -2.26. The van der Waals surface area contributed by atoms with Crippen molar-refractivity contribution in [3.63, 3.8) is 0 Å². The van der Waals surface area contributed by atoms with Gasteiger partial charge in [-0.1, -0.05) is 6.07 Å². The van der Waals surface area contributed by atoms with E-state index in [1.54, 1.807) is 16.7 Å². The van der Waals surface area contributed by atoms with Crippen LogP contribution in [-0.4, -0.2) is 25.4 Å². The molecule has 0 saturated carbocycles. The second kappa shape index (κ2) is 5.67. The topological polar surface area (TPSA) is 57.0 Å². The third-order valence-corrected chi connectivity index (χ3v) is 4.48. The molecule has 1 aromatic carbocycles. The number of alkyl halides is 3. The van der Waals surface area contributed by atoms with Crippen molar-refractivity contribution >= 4 is 26.5 Å². The summed E-state index contributed by atoms with van der Waals surface area (Å²) in [4.78, 5) is 0. The fraction of sp³-hybridized carbons (Fsp3) is 0.200. The van der Waals surface area contributed by atoms with Crippen LogP contribution < -0.4 is 4.18 Å². The average Bonchev–Trinajstić information content (AvgIpc) is 2.81. The van der Waals surface area contributed by atoms with Crippen LogP contribution in [0.4, 0.5) is 13.2 Å². The normalized spacial score (nSPS) is 12.8. The SMILES string of the molecule is COCc1c2ccc(OS(=O)(=O)C(F)(F)F)cc2n2ccccc12. The lowest BCUT2D eigenvalue weighted by molar-refractivity contribution is -0.0500. The molecule has 2 aromatic heterocycles. The van der Waals surface area contributed by atoms with E-state index in [2.05, 4.69) is 4.18 Å². The van der Waals surface area contributed by atoms with Crippen LogP contribution >= 0.6 is 0 Å². The minimum atomic E-state index is -5.71. The van der Waals surface area contributed by atoms with Crippen molar-refractivity contribution in [3.05, 3.63) is 48.2 Å². The van der Waals surface area contributed by atoms with Gasteiger partial charge in [0, 0.05) is 30.3 Å². The summed E-state index contributed by atoms with van der Waals surface area (Å²) in [7, 11) is -4.18. The number of hydrogen-bond donors (Lipinski definition) is 0. The Kier molecular flexibility index (Phi) is 3.92. The molecule has 0 amide bonds. The van der Waals surface area contributed by atoms with E-state index in [0.29, 0.717) is 12.1 Å². The largest absolute Gasteiger partial charge is 0.534 e. The number of rotatable bonds is 4. The molecule has 0 aliphatic heterocycles. The van der Waals surface area contributed by atoms with Crippen molar-refractivity contribution in [1.82, 2.24) is 4.40 Å². The van der Waals surface area contributed by atoms with Gasteiger partial charge in [0.05, 0.1) is 17.6 Å². The smallest absolute Gasteiger partial charge is 0.380 e. The zero-order valence-electron chi connectivity index (χ0n) is 12.4. The number of nitrogens with zero attached hydrogens (tertiary/aromatic N) is 1. The van der Waals surface area contributed by atoms with Crippen LogP contribution in [0.3, 0.4) is 0 Å². The monoisotopic (exact) mass is 359 g/mol. The number of benzene rings is 1. The minimum Gasteiger partial charge on any atom is -0.380 e. The van der Waals surface area contributed by atoms with Gasteiger partial charge in [0.1, 0.15) is 5.75 Å². The number of fused-ring (bicyclic) bond motifs is 3. The van der Waals surface area contributed by atoms with Gasteiger partial charge in [0.2, 0.25) is 0 Å². The fourth-order valence-electron chi connectivity index (χ4n) is 2.52. The first-order valence-electron chi connectivity index (χ1n) is 6.76. The Morgan fingerprint density at radius 1 is 1.12 bits per heavy atom. The molecule has 0 aliphatic rings. The van der Waals surface area contributed by atoms with Crippen molar-refractivity contribution in [3.8, 4) is 5.75 Å². The standard InChI is InChI=1S/C15H12F3NO4S/c1-22-9-12-11-6-5-10(23-24(20,21)15(16,17)18)8-14(11)19-7-3-2-4-13(12)19/h2-8H,9H2,1H3. The van der Waals surface area contributed by atoms with Gasteiger partial charge >= 0.3 is 15.6 Å². The van der Waals surface area contributed by atoms with E-state index < -0.39 is 21.4 Å². The van der Waals surface area contributed by atoms with E-state index in [0.717, 1.165) is 16.5 Å². The number of hydrogen-bond acceptors (Lipinski definition) is 4. The molecule has 9 heteroatoms. The summed E-state index contributed by atoms with van der Waals surface area (Å²) in [6.45, 7) is 0.304. The molecule has 0 fully saturated rings. The Bertz CT molecular complexity index is 1010. The lowest BCUT2D eigenvalue weighted by Gasteiger charge is -2.09. The summed E-state index contributed by atoms with van der Waals surface area (Å²) in [5.41, 5.74) is -3.30. The molecule has 3 aromatic rings. The van der Waals surface area contributed by atoms with E-state index >= 15 is 0 Å². The summed E-state index contributed by atoms with van der Waals surface area (Å²) < 4.78 is 70.8. The van der Waals surface area contributed by atoms with Crippen molar-refractivity contribution in [1.29, 1.82) is 0 Å². The van der Waals surface area contributed by atoms with Gasteiger partial charge in [-0.2, -0.15) is 21.6 Å². The third kappa shape index (κ3) is 2.69. The van der Waals surface area contributed by atoms with Crippen LogP contribution in [0.1, 0.15) is 5.56 Å². The molecule has 0 radical (unpaired) electrons. The first-order valence-corrected chi connectivity index (χ1v) is 8.17. The molecule has 0 atom stereocenters. The maximum absolute atomic E-state index is 12.5. The van der Waals surface area contributed by atoms with E-state index in [-0.39, 0.29) is 0 Å². The average molecular weight is 359 g/mol. The van der Waals surface area contributed by atoms with Gasteiger partial charge in [-0.25, -0.2) is 0 Å². The Morgan fingerprint density at radius 3 is 2.54 bits per heavy atom. The number of aromatic nitrogens is 1. The predicted octanol–water partition coefficient (Wildman–Crippen LogP) is 3.47. The summed E-state index contributed by atoms with van der Waals surface area (Å²) in [5.74, 6) is -0.410. The number of methoxy groups -OCH3 is 1. The van der Waals surface area contributed by atoms with E-state index in [1.807, 2.05) is 12.1 Å². The quantitative estimate of drug-likeness (QED) is 0.529. The second-order valence-corrected chi connectivity index (χ2v) is 6.57. The Balaban J connectivity index is 2.17. The molecule has 3 rings (SSSR count). The maximum Gasteiger partial charge on any atom is 0.534 e. The van der Waals surface area contributed by atoms with E-state index in [1.165, 1.54) is 25.3 Å². The molecular formula is C15H12F3NO4S. The lowest BCUT2D eigenvalue weighted by atomic mass is 10.1. The zero-order valence-corrected chi connectivity index (χ0v) is 13.2. The molecule has 0 saturated heterocycles. The zero-order chi connectivity index (χ0) is 17.5. The summed E-state index contributed by atoms with van der Waals surface area (Å²) in [5, 5.41) is 0.736. The maximum atomic E-state index is 12.5. The highest BCUT2D eigenvalue weighted by Gasteiger charge is 2.48. The summed E-state index contributed by atoms with van der Waals surface area (Å²) >= 11 is 0. The number of pyridine rings is 1. The van der Waals surface area contributed by atoms with Crippen LogP contribution in [0, 0.1) is 0 Å². The van der Waals surface area contributed by atoms with Crippen LogP contribution in [0.5, 0.6) is 5.75 Å². The summed E-state index contributed by atoms with van der Waals surface area (Å²) in [6.07, 6.45) is 1.72. The van der Waals surface area contributed by atoms with Crippen molar-refractivity contribution in [2.45, 2.75) is 12.1 Å². The van der Waals surface area contributed by atoms with Gasteiger partial charge in [0.15, 0.2) is 0 Å². The van der Waals surface area contributed by atoms with Crippen molar-refractivity contribution in [2.24, 2.45) is 0 Å². The third-order valence-electron chi connectivity index (χ3n) is 3.50. The van der Waals surface area contributed by atoms with Crippen LogP contribution in [0.25, 0.3) is 16.4 Å². The fourth-order valence-corrected chi connectivity index (χ4v) is 2.98. The molecule has 0 spiro atoms. The van der Waals surface area contributed by atoms with E-state index in [4.69, 9.17) is 4.74 Å². The highest BCUT2D eigenvalue weighted by molar-refractivity contribution is 7.88. The Labute approximate surface area is 135 Å². The van der Waals surface area contributed by atoms with Gasteiger partial charge in [-0.3, -0.25) is 0 Å². The van der Waals surface area contributed by atoms with Crippen LogP contribution in [-0.2, 0) is 21.5 Å². The van der Waals surface area contributed by atoms with Gasteiger partial charge in [0.25, 0.3) is 0 Å². The van der Waals surface area contributed by atoms with Crippen molar-refractivity contribution in [2.75, 3.05) is 7.11 Å². The summed E-state index contributed by atoms with van der Waals surface area (Å²) in [6, 6.07) is 9.36. The predicted molar refractivity (Wildman–Crippen MR) is 81.2 cm³/mol. The van der Waals surface area contributed by atoms with Gasteiger partial charge in [-0.15, -0.1) is 0 Å². The first kappa shape index (κ1) is 16.6. The van der Waals surface area contributed by atoms with E-state index in [9.17, 15) is 21.6 Å². The molecule has 24 heavy (non-hydrogen) atoms. The first-order chi connectivity index (χ1) is 11.2. The van der Waals surface area contributed by atoms with Crippen molar-refractivity contribution < 1.29 is 30.5 Å². The van der Waals surface area contributed by atoms with Gasteiger partial charge in [-0.05, 0) is 24.3 Å². The molecule has 128 valence electrons. The Morgan fingerprint density at radius 2 is 1.88 bits per heavy atom. The van der Waals surface area contributed by atoms with Gasteiger partial charge < -0.3 is 13.3 Å². The highest BCUT2D eigenvalue weighted by Crippen LogP contribution is 2.32. The molecule has 0 N–H and O–H groups in total. The molecule has 0 aliphatic carbocycles. The van der Waals surface area contributed by atoms with Crippen LogP contribution in [0.15, 0.2) is 42.6 Å². The number of halogens is 3. The molecule has 5 nitrogen and oxygen atoms in total. The lowest BCUT2D eigenvalue weighted by Crippen LogP contribution is -2.28. The molecule has 0 bridgehead atoms. The highest BCUT2D eigenvalue weighted by atomic mass is 32.2. The minimum absolute atomic E-state index is 0.304. The van der Waals surface area contributed by atoms with Crippen LogP contribution in [0.2, 0.25) is 0 Å². The number of ether oxygens (including phenoxy) is 1.